The summed E-state index contributed by atoms with van der Waals surface area (Å²) in [6.07, 6.45) is 0. The average molecular weight is 427 g/mol. The molecule has 3 aromatic rings. The van der Waals surface area contributed by atoms with Crippen LogP contribution in [0.4, 0.5) is 15.3 Å². The van der Waals surface area contributed by atoms with Gasteiger partial charge >= 0.3 is 0 Å². The third-order valence-electron chi connectivity index (χ3n) is 4.59. The van der Waals surface area contributed by atoms with Gasteiger partial charge in [0.15, 0.2) is 0 Å². The van der Waals surface area contributed by atoms with Crippen molar-refractivity contribution in [3.63, 3.8) is 0 Å². The van der Waals surface area contributed by atoms with Crippen LogP contribution >= 0.6 is 10.6 Å². The van der Waals surface area contributed by atoms with E-state index in [0.717, 1.165) is 0 Å². The van der Waals surface area contributed by atoms with Gasteiger partial charge in [0, 0.05) is 28.4 Å². The number of nitrogens with one attached hydrogen (secondary N) is 1. The van der Waals surface area contributed by atoms with Crippen LogP contribution in [0, 0.1) is 10.1 Å². The zero-order valence-corrected chi connectivity index (χ0v) is 16.8. The molecule has 4 rings (SSSR count). The number of likely N-dealkylation sites (N-methyl/N-ethyl adjacent to an activating group) is 1. The molecular formula is C21H18FN3O4S. The molecule has 0 bridgehead atoms. The van der Waals surface area contributed by atoms with Crippen molar-refractivity contribution in [3.05, 3.63) is 82.9 Å². The van der Waals surface area contributed by atoms with Crippen molar-refractivity contribution in [2.75, 3.05) is 18.9 Å². The second-order valence-corrected chi connectivity index (χ2v) is 9.19. The number of carbonyl (C=O) groups excluding carboxylic acids is 1. The standard InChI is InChI=1S/C21H18FN3O4S/c1-24(30(22)19-12-9-16(25(27)28)13-20(19)30)14-21(26)23-15-7-10-18(11-8-15)29-17-5-3-2-4-6-17/h2-13H,14H2,1H3,(H,23,26). The molecule has 1 heterocycles. The fourth-order valence-corrected chi connectivity index (χ4v) is 5.34. The quantitative estimate of drug-likeness (QED) is 0.314. The molecule has 1 N–H and O–H groups in total. The molecule has 30 heavy (non-hydrogen) atoms. The van der Waals surface area contributed by atoms with Crippen molar-refractivity contribution < 1.29 is 18.3 Å². The number of non-ortho nitro benzene ring substituents is 1. The Hall–Kier alpha value is -3.43. The van der Waals surface area contributed by atoms with E-state index < -0.39 is 15.5 Å². The van der Waals surface area contributed by atoms with Gasteiger partial charge in [0.25, 0.3) is 5.69 Å². The lowest BCUT2D eigenvalue weighted by Crippen LogP contribution is -2.28. The number of anilines is 1. The van der Waals surface area contributed by atoms with Crippen molar-refractivity contribution in [1.82, 2.24) is 4.31 Å². The summed E-state index contributed by atoms with van der Waals surface area (Å²) in [5, 5.41) is 13.6. The molecule has 1 aliphatic rings. The van der Waals surface area contributed by atoms with Gasteiger partial charge in [-0.3, -0.25) is 14.9 Å². The molecule has 0 aromatic heterocycles. The van der Waals surface area contributed by atoms with Crippen molar-refractivity contribution >= 4 is 27.9 Å². The predicted molar refractivity (Wildman–Crippen MR) is 113 cm³/mol. The minimum Gasteiger partial charge on any atom is -0.457 e. The molecule has 1 atom stereocenters. The molecule has 0 fully saturated rings. The molecule has 0 saturated carbocycles. The fraction of sp³-hybridized carbons (Fsp3) is 0.0952. The molecule has 7 nitrogen and oxygen atoms in total. The van der Waals surface area contributed by atoms with E-state index in [1.165, 1.54) is 29.6 Å². The van der Waals surface area contributed by atoms with E-state index in [1.54, 1.807) is 24.3 Å². The van der Waals surface area contributed by atoms with Gasteiger partial charge in [-0.2, -0.15) is 3.89 Å². The van der Waals surface area contributed by atoms with E-state index in [-0.39, 0.29) is 18.1 Å². The highest BCUT2D eigenvalue weighted by molar-refractivity contribution is 8.32. The first-order valence-corrected chi connectivity index (χ1v) is 10.5. The first-order chi connectivity index (χ1) is 14.4. The summed E-state index contributed by atoms with van der Waals surface area (Å²) in [5.41, 5.74) is 0.400. The Bertz CT molecular complexity index is 1110. The number of carbonyl (C=O) groups is 1. The van der Waals surface area contributed by atoms with Crippen LogP contribution in [0.25, 0.3) is 0 Å². The van der Waals surface area contributed by atoms with E-state index in [4.69, 9.17) is 4.74 Å². The van der Waals surface area contributed by atoms with Gasteiger partial charge in [-0.15, -0.1) is 0 Å². The second-order valence-electron chi connectivity index (χ2n) is 6.67. The summed E-state index contributed by atoms with van der Waals surface area (Å²) in [5.74, 6) is 0.945. The number of para-hydroxylation sites is 1. The van der Waals surface area contributed by atoms with E-state index in [0.29, 0.717) is 27.0 Å². The van der Waals surface area contributed by atoms with E-state index in [1.807, 2.05) is 30.3 Å². The maximum Gasteiger partial charge on any atom is 0.270 e. The molecule has 1 amide bonds. The number of nitro groups is 1. The second kappa shape index (κ2) is 7.77. The van der Waals surface area contributed by atoms with Crippen LogP contribution in [0.5, 0.6) is 11.5 Å². The van der Waals surface area contributed by atoms with Gasteiger partial charge in [0.1, 0.15) is 11.5 Å². The molecule has 0 saturated heterocycles. The molecule has 0 radical (unpaired) electrons. The number of fused-ring (bicyclic) bond motifs is 1. The maximum absolute atomic E-state index is 15.3. The van der Waals surface area contributed by atoms with Crippen LogP contribution in [-0.2, 0) is 4.79 Å². The monoisotopic (exact) mass is 427 g/mol. The molecule has 0 aliphatic carbocycles. The third-order valence-corrected chi connectivity index (χ3v) is 7.24. The summed E-state index contributed by atoms with van der Waals surface area (Å²) >= 11 is 0. The van der Waals surface area contributed by atoms with Crippen LogP contribution in [0.3, 0.4) is 0 Å². The highest BCUT2D eigenvalue weighted by atomic mass is 32.3. The van der Waals surface area contributed by atoms with Crippen LogP contribution in [0.15, 0.2) is 82.6 Å². The first kappa shape index (κ1) is 19.9. The number of halogens is 1. The lowest BCUT2D eigenvalue weighted by molar-refractivity contribution is -0.385. The number of benzene rings is 3. The zero-order chi connectivity index (χ0) is 21.3. The third kappa shape index (κ3) is 3.85. The topological polar surface area (TPSA) is 84.7 Å². The average Bonchev–Trinajstić information content (AvgIpc) is 3.35. The molecule has 1 aliphatic heterocycles. The Balaban J connectivity index is 1.35. The molecule has 9 heteroatoms. The Morgan fingerprint density at radius 2 is 1.73 bits per heavy atom. The normalized spacial score (nSPS) is 18.8. The minimum atomic E-state index is -2.95. The molecule has 3 aromatic carbocycles. The molecule has 154 valence electrons. The summed E-state index contributed by atoms with van der Waals surface area (Å²) in [6, 6.07) is 20.1. The van der Waals surface area contributed by atoms with Gasteiger partial charge in [0.05, 0.1) is 21.3 Å². The summed E-state index contributed by atoms with van der Waals surface area (Å²) in [7, 11) is -1.45. The molecular weight excluding hydrogens is 409 g/mol. The van der Waals surface area contributed by atoms with Gasteiger partial charge in [0.2, 0.25) is 5.91 Å². The van der Waals surface area contributed by atoms with Crippen molar-refractivity contribution in [1.29, 1.82) is 0 Å². The molecule has 0 spiro atoms. The minimum absolute atomic E-state index is 0.156. The summed E-state index contributed by atoms with van der Waals surface area (Å²) in [4.78, 5) is 23.4. The SMILES string of the molecule is CN(CC(=O)Nc1ccc(Oc2ccccc2)cc1)S1(F)c2ccc([N+](=O)[O-])cc21. The first-order valence-electron chi connectivity index (χ1n) is 9.03. The van der Waals surface area contributed by atoms with Gasteiger partial charge in [-0.05, 0) is 49.5 Å². The van der Waals surface area contributed by atoms with Gasteiger partial charge < -0.3 is 10.1 Å². The number of amides is 1. The number of nitro benzene ring substituents is 1. The van der Waals surface area contributed by atoms with Crippen LogP contribution < -0.4 is 10.1 Å². The van der Waals surface area contributed by atoms with E-state index in [2.05, 4.69) is 5.32 Å². The number of rotatable bonds is 7. The van der Waals surface area contributed by atoms with Gasteiger partial charge in [-0.25, -0.2) is 4.31 Å². The lowest BCUT2D eigenvalue weighted by Gasteiger charge is -2.24. The Labute approximate surface area is 174 Å². The van der Waals surface area contributed by atoms with E-state index in [9.17, 15) is 14.9 Å². The largest absolute Gasteiger partial charge is 0.457 e. The fourth-order valence-electron chi connectivity index (χ4n) is 3.06. The smallest absolute Gasteiger partial charge is 0.270 e. The predicted octanol–water partition coefficient (Wildman–Crippen LogP) is 5.29. The summed E-state index contributed by atoms with van der Waals surface area (Å²) in [6.45, 7) is -0.184. The van der Waals surface area contributed by atoms with E-state index >= 15 is 3.89 Å². The summed E-state index contributed by atoms with van der Waals surface area (Å²) < 4.78 is 22.3. The Kier molecular flexibility index (Phi) is 5.15. The van der Waals surface area contributed by atoms with Crippen molar-refractivity contribution in [2.45, 2.75) is 9.79 Å². The Morgan fingerprint density at radius 1 is 1.07 bits per heavy atom. The van der Waals surface area contributed by atoms with Crippen LogP contribution in [0.1, 0.15) is 0 Å². The number of hydrogen-bond acceptors (Lipinski definition) is 5. The highest BCUT2D eigenvalue weighted by Crippen LogP contribution is 2.82. The van der Waals surface area contributed by atoms with Crippen molar-refractivity contribution in [3.8, 4) is 11.5 Å². The maximum atomic E-state index is 15.3. The molecule has 1 unspecified atom stereocenters. The lowest BCUT2D eigenvalue weighted by atomic mass is 10.3. The number of nitrogens with zero attached hydrogens (tertiary/aromatic N) is 2. The van der Waals surface area contributed by atoms with Crippen LogP contribution in [0.2, 0.25) is 0 Å². The Morgan fingerprint density at radius 3 is 2.40 bits per heavy atom. The highest BCUT2D eigenvalue weighted by Gasteiger charge is 2.51. The number of hydrogen-bond donors (Lipinski definition) is 1. The van der Waals surface area contributed by atoms with Gasteiger partial charge in [-0.1, -0.05) is 18.2 Å². The zero-order valence-electron chi connectivity index (χ0n) is 15.9. The van der Waals surface area contributed by atoms with Crippen molar-refractivity contribution in [2.24, 2.45) is 0 Å². The number of ether oxygens (including phenoxy) is 1. The van der Waals surface area contributed by atoms with Crippen LogP contribution in [-0.4, -0.2) is 28.7 Å².